The number of Topliss-reactive ketones (excluding diaryl/α,β-unsaturated/α-hetero) is 1. The Morgan fingerprint density at radius 3 is 2.47 bits per heavy atom. The van der Waals surface area contributed by atoms with E-state index in [1.54, 1.807) is 35.8 Å². The van der Waals surface area contributed by atoms with E-state index in [2.05, 4.69) is 10.7 Å². The molecular formula is C26H23N3O3S2. The molecule has 2 aromatic heterocycles. The van der Waals surface area contributed by atoms with E-state index in [9.17, 15) is 14.4 Å². The first-order valence-corrected chi connectivity index (χ1v) is 12.9. The second-order valence-corrected chi connectivity index (χ2v) is 10.6. The van der Waals surface area contributed by atoms with E-state index >= 15 is 0 Å². The Labute approximate surface area is 205 Å². The molecule has 0 bridgehead atoms. The number of amides is 1. The van der Waals surface area contributed by atoms with Gasteiger partial charge in [0, 0.05) is 11.3 Å². The Kier molecular flexibility index (Phi) is 6.10. The molecule has 0 spiro atoms. The largest absolute Gasteiger partial charge is 0.325 e. The number of aromatic nitrogens is 2. The zero-order valence-corrected chi connectivity index (χ0v) is 20.4. The predicted molar refractivity (Wildman–Crippen MR) is 138 cm³/mol. The summed E-state index contributed by atoms with van der Waals surface area (Å²) in [5.41, 5.74) is 2.93. The lowest BCUT2D eigenvalue weighted by Gasteiger charge is -2.16. The minimum absolute atomic E-state index is 0.0272. The van der Waals surface area contributed by atoms with Crippen molar-refractivity contribution >= 4 is 50.7 Å². The van der Waals surface area contributed by atoms with E-state index in [4.69, 9.17) is 4.98 Å². The summed E-state index contributed by atoms with van der Waals surface area (Å²) in [7, 11) is 0. The van der Waals surface area contributed by atoms with Gasteiger partial charge in [0.05, 0.1) is 16.3 Å². The molecule has 1 N–H and O–H groups in total. The Balaban J connectivity index is 1.47. The standard InChI is InChI=1S/C26H23N3O3S2/c1-15(30)17-10-12-19(13-11-17)27-23(31)16(2)34-26-28-24-22(21(14-33-24)18-8-9-18)25(32)29(26)20-6-4-3-5-7-20/h3-7,10-14,16,18H,8-9H2,1-2H3,(H,27,31). The van der Waals surface area contributed by atoms with Gasteiger partial charge in [-0.25, -0.2) is 4.98 Å². The predicted octanol–water partition coefficient (Wildman–Crippen LogP) is 5.65. The number of thiophene rings is 1. The number of fused-ring (bicyclic) bond motifs is 1. The lowest BCUT2D eigenvalue weighted by Crippen LogP contribution is -2.26. The maximum atomic E-state index is 13.7. The number of carbonyl (C=O) groups is 2. The molecule has 1 aliphatic rings. The van der Waals surface area contributed by atoms with Crippen LogP contribution in [0.5, 0.6) is 0 Å². The maximum absolute atomic E-state index is 13.7. The average molecular weight is 490 g/mol. The summed E-state index contributed by atoms with van der Waals surface area (Å²) in [6, 6.07) is 16.2. The number of nitrogens with one attached hydrogen (secondary N) is 1. The van der Waals surface area contributed by atoms with Crippen molar-refractivity contribution in [1.29, 1.82) is 0 Å². The molecule has 1 aliphatic carbocycles. The maximum Gasteiger partial charge on any atom is 0.267 e. The van der Waals surface area contributed by atoms with Crippen molar-refractivity contribution in [2.75, 3.05) is 5.32 Å². The van der Waals surface area contributed by atoms with E-state index in [1.807, 2.05) is 30.3 Å². The molecule has 2 heterocycles. The molecule has 0 aliphatic heterocycles. The third kappa shape index (κ3) is 4.43. The second kappa shape index (κ2) is 9.19. The molecule has 8 heteroatoms. The number of hydrogen-bond acceptors (Lipinski definition) is 6. The van der Waals surface area contributed by atoms with Crippen molar-refractivity contribution in [1.82, 2.24) is 9.55 Å². The van der Waals surface area contributed by atoms with Gasteiger partial charge in [0.25, 0.3) is 5.56 Å². The van der Waals surface area contributed by atoms with Gasteiger partial charge in [0.15, 0.2) is 10.9 Å². The fourth-order valence-electron chi connectivity index (χ4n) is 3.82. The highest BCUT2D eigenvalue weighted by molar-refractivity contribution is 8.00. The Bertz CT molecular complexity index is 1440. The number of hydrogen-bond donors (Lipinski definition) is 1. The molecule has 172 valence electrons. The summed E-state index contributed by atoms with van der Waals surface area (Å²) in [4.78, 5) is 43.6. The molecule has 1 saturated carbocycles. The van der Waals surface area contributed by atoms with Gasteiger partial charge < -0.3 is 5.32 Å². The molecule has 2 aromatic carbocycles. The Morgan fingerprint density at radius 1 is 1.12 bits per heavy atom. The quantitative estimate of drug-likeness (QED) is 0.206. The van der Waals surface area contributed by atoms with Gasteiger partial charge in [-0.1, -0.05) is 30.0 Å². The van der Waals surface area contributed by atoms with E-state index in [0.29, 0.717) is 32.5 Å². The molecule has 0 radical (unpaired) electrons. The van der Waals surface area contributed by atoms with Gasteiger partial charge in [-0.15, -0.1) is 11.3 Å². The summed E-state index contributed by atoms with van der Waals surface area (Å²) in [6.45, 7) is 3.29. The fourth-order valence-corrected chi connectivity index (χ4v) is 5.80. The minimum atomic E-state index is -0.505. The molecule has 1 atom stereocenters. The SMILES string of the molecule is CC(=O)c1ccc(NC(=O)C(C)Sc2nc3scc(C4CC4)c3c(=O)n2-c2ccccc2)cc1. The number of rotatable bonds is 7. The molecule has 1 fully saturated rings. The van der Waals surface area contributed by atoms with Crippen LogP contribution in [0.1, 0.15) is 48.5 Å². The normalized spacial score (nSPS) is 14.2. The number of thioether (sulfide) groups is 1. The van der Waals surface area contributed by atoms with Crippen LogP contribution in [0.2, 0.25) is 0 Å². The molecular weight excluding hydrogens is 466 g/mol. The second-order valence-electron chi connectivity index (χ2n) is 8.40. The molecule has 4 aromatic rings. The van der Waals surface area contributed by atoms with E-state index < -0.39 is 5.25 Å². The number of anilines is 1. The van der Waals surface area contributed by atoms with Crippen molar-refractivity contribution in [3.63, 3.8) is 0 Å². The monoisotopic (exact) mass is 489 g/mol. The van der Waals surface area contributed by atoms with Crippen molar-refractivity contribution in [2.24, 2.45) is 0 Å². The van der Waals surface area contributed by atoms with Gasteiger partial charge in [-0.05, 0) is 79.9 Å². The van der Waals surface area contributed by atoms with Crippen LogP contribution in [0.25, 0.3) is 15.9 Å². The van der Waals surface area contributed by atoms with Crippen molar-refractivity contribution in [3.05, 3.63) is 81.5 Å². The molecule has 6 nitrogen and oxygen atoms in total. The first-order valence-electron chi connectivity index (χ1n) is 11.1. The zero-order valence-electron chi connectivity index (χ0n) is 18.8. The lowest BCUT2D eigenvalue weighted by atomic mass is 10.1. The van der Waals surface area contributed by atoms with Crippen LogP contribution >= 0.6 is 23.1 Å². The van der Waals surface area contributed by atoms with E-state index in [0.717, 1.165) is 24.1 Å². The topological polar surface area (TPSA) is 81.1 Å². The smallest absolute Gasteiger partial charge is 0.267 e. The Morgan fingerprint density at radius 2 is 1.82 bits per heavy atom. The molecule has 1 amide bonds. The van der Waals surface area contributed by atoms with Gasteiger partial charge in [0.2, 0.25) is 5.91 Å². The zero-order chi connectivity index (χ0) is 23.8. The number of nitrogens with zero attached hydrogens (tertiary/aromatic N) is 2. The number of benzene rings is 2. The summed E-state index contributed by atoms with van der Waals surface area (Å²) in [5.74, 6) is 0.213. The first kappa shape index (κ1) is 22.6. The summed E-state index contributed by atoms with van der Waals surface area (Å²) >= 11 is 2.75. The summed E-state index contributed by atoms with van der Waals surface area (Å²) in [6.07, 6.45) is 2.22. The highest BCUT2D eigenvalue weighted by Crippen LogP contribution is 2.44. The third-order valence-electron chi connectivity index (χ3n) is 5.85. The molecule has 0 saturated heterocycles. The van der Waals surface area contributed by atoms with Crippen molar-refractivity contribution in [3.8, 4) is 5.69 Å². The van der Waals surface area contributed by atoms with Crippen LogP contribution in [-0.2, 0) is 4.79 Å². The lowest BCUT2D eigenvalue weighted by molar-refractivity contribution is -0.115. The number of carbonyl (C=O) groups excluding carboxylic acids is 2. The van der Waals surface area contributed by atoms with Crippen LogP contribution in [0, 0.1) is 0 Å². The van der Waals surface area contributed by atoms with Crippen LogP contribution in [-0.4, -0.2) is 26.5 Å². The Hall–Kier alpha value is -3.23. The van der Waals surface area contributed by atoms with Gasteiger partial charge in [-0.3, -0.25) is 19.0 Å². The highest BCUT2D eigenvalue weighted by Gasteiger charge is 2.29. The first-order chi connectivity index (χ1) is 16.4. The number of ketones is 1. The third-order valence-corrected chi connectivity index (χ3v) is 7.79. The van der Waals surface area contributed by atoms with Crippen LogP contribution in [0.4, 0.5) is 5.69 Å². The number of para-hydroxylation sites is 1. The van der Waals surface area contributed by atoms with Crippen LogP contribution in [0.3, 0.4) is 0 Å². The highest BCUT2D eigenvalue weighted by atomic mass is 32.2. The fraction of sp³-hybridized carbons (Fsp3) is 0.231. The van der Waals surface area contributed by atoms with Gasteiger partial charge in [0.1, 0.15) is 4.83 Å². The summed E-state index contributed by atoms with van der Waals surface area (Å²) in [5, 5.41) is 5.62. The van der Waals surface area contributed by atoms with Gasteiger partial charge in [-0.2, -0.15) is 0 Å². The average Bonchev–Trinajstić information content (AvgIpc) is 3.59. The molecule has 34 heavy (non-hydrogen) atoms. The van der Waals surface area contributed by atoms with Crippen LogP contribution in [0.15, 0.2) is 69.9 Å². The van der Waals surface area contributed by atoms with Crippen molar-refractivity contribution < 1.29 is 9.59 Å². The molecule has 5 rings (SSSR count). The van der Waals surface area contributed by atoms with Crippen molar-refractivity contribution in [2.45, 2.75) is 43.0 Å². The summed E-state index contributed by atoms with van der Waals surface area (Å²) < 4.78 is 1.62. The minimum Gasteiger partial charge on any atom is -0.325 e. The van der Waals surface area contributed by atoms with E-state index in [-0.39, 0.29) is 17.2 Å². The molecule has 1 unspecified atom stereocenters. The van der Waals surface area contributed by atoms with Crippen LogP contribution < -0.4 is 10.9 Å². The van der Waals surface area contributed by atoms with Gasteiger partial charge >= 0.3 is 0 Å². The van der Waals surface area contributed by atoms with E-state index in [1.165, 1.54) is 30.0 Å².